The highest BCUT2D eigenvalue weighted by Crippen LogP contribution is 2.17. The van der Waals surface area contributed by atoms with Crippen molar-refractivity contribution >= 4 is 11.9 Å². The Balaban J connectivity index is 1.67. The Bertz CT molecular complexity index is 961. The Morgan fingerprint density at radius 3 is 2.52 bits per heavy atom. The molecule has 29 heavy (non-hydrogen) atoms. The molecule has 0 aliphatic heterocycles. The van der Waals surface area contributed by atoms with Crippen LogP contribution in [0.25, 0.3) is 5.82 Å². The summed E-state index contributed by atoms with van der Waals surface area (Å²) in [6.45, 7) is 2.49. The van der Waals surface area contributed by atoms with E-state index >= 15 is 0 Å². The van der Waals surface area contributed by atoms with Crippen LogP contribution in [0.1, 0.15) is 22.8 Å². The molecule has 0 bridgehead atoms. The Labute approximate surface area is 168 Å². The molecule has 1 unspecified atom stereocenters. The van der Waals surface area contributed by atoms with Crippen LogP contribution in [0.4, 0.5) is 0 Å². The van der Waals surface area contributed by atoms with Gasteiger partial charge in [0, 0.05) is 26.0 Å². The third-order valence-corrected chi connectivity index (χ3v) is 4.58. The lowest BCUT2D eigenvalue weighted by Crippen LogP contribution is -2.34. The second kappa shape index (κ2) is 9.09. The molecule has 0 fully saturated rings. The number of aliphatic carboxylic acids is 1. The number of carboxylic acid groups (broad SMARTS) is 1. The van der Waals surface area contributed by atoms with Crippen LogP contribution in [0, 0.1) is 5.92 Å². The van der Waals surface area contributed by atoms with Crippen molar-refractivity contribution in [3.8, 4) is 11.6 Å². The van der Waals surface area contributed by atoms with E-state index in [0.717, 1.165) is 11.3 Å². The number of ether oxygens (including phenoxy) is 1. The minimum Gasteiger partial charge on any atom is -0.494 e. The van der Waals surface area contributed by atoms with Gasteiger partial charge in [-0.2, -0.15) is 5.10 Å². The highest BCUT2D eigenvalue weighted by Gasteiger charge is 2.22. The largest absolute Gasteiger partial charge is 0.494 e. The Morgan fingerprint density at radius 1 is 1.21 bits per heavy atom. The molecule has 2 heterocycles. The number of carbonyl (C=O) groups is 2. The molecule has 8 nitrogen and oxygen atoms in total. The van der Waals surface area contributed by atoms with Gasteiger partial charge in [-0.15, -0.1) is 0 Å². The maximum absolute atomic E-state index is 12.7. The van der Waals surface area contributed by atoms with Crippen molar-refractivity contribution < 1.29 is 19.4 Å². The molecule has 1 amide bonds. The van der Waals surface area contributed by atoms with E-state index in [2.05, 4.69) is 10.4 Å². The highest BCUT2D eigenvalue weighted by atomic mass is 16.5. The summed E-state index contributed by atoms with van der Waals surface area (Å²) in [5.74, 6) is -0.712. The quantitative estimate of drug-likeness (QED) is 0.578. The van der Waals surface area contributed by atoms with Gasteiger partial charge in [0.1, 0.15) is 17.1 Å². The maximum atomic E-state index is 12.7. The summed E-state index contributed by atoms with van der Waals surface area (Å²) in [5, 5.41) is 16.5. The number of amides is 1. The van der Waals surface area contributed by atoms with Gasteiger partial charge in [-0.05, 0) is 43.2 Å². The molecular formula is C21H24N4O4. The van der Waals surface area contributed by atoms with Crippen LogP contribution < -0.4 is 10.1 Å². The van der Waals surface area contributed by atoms with Crippen LogP contribution in [-0.4, -0.2) is 44.5 Å². The van der Waals surface area contributed by atoms with Crippen molar-refractivity contribution in [3.05, 3.63) is 66.1 Å². The van der Waals surface area contributed by atoms with Gasteiger partial charge in [0.15, 0.2) is 0 Å². The molecule has 0 saturated heterocycles. The minimum atomic E-state index is -0.962. The lowest BCUT2D eigenvalue weighted by atomic mass is 9.99. The fraction of sp³-hybridized carbons (Fsp3) is 0.286. The summed E-state index contributed by atoms with van der Waals surface area (Å²) >= 11 is 0. The first-order chi connectivity index (χ1) is 14.0. The van der Waals surface area contributed by atoms with E-state index in [4.69, 9.17) is 4.74 Å². The van der Waals surface area contributed by atoms with Crippen LogP contribution in [0.5, 0.6) is 5.75 Å². The zero-order valence-electron chi connectivity index (χ0n) is 16.4. The summed E-state index contributed by atoms with van der Waals surface area (Å²) in [5.41, 5.74) is 1.25. The van der Waals surface area contributed by atoms with Crippen molar-refractivity contribution in [2.75, 3.05) is 13.2 Å². The third-order valence-electron chi connectivity index (χ3n) is 4.58. The van der Waals surface area contributed by atoms with Crippen molar-refractivity contribution in [1.82, 2.24) is 19.7 Å². The lowest BCUT2D eigenvalue weighted by molar-refractivity contribution is -0.141. The van der Waals surface area contributed by atoms with E-state index in [0.29, 0.717) is 24.4 Å². The van der Waals surface area contributed by atoms with Gasteiger partial charge < -0.3 is 19.7 Å². The second-order valence-corrected chi connectivity index (χ2v) is 6.62. The van der Waals surface area contributed by atoms with Gasteiger partial charge in [0.05, 0.1) is 18.7 Å². The molecule has 3 aromatic rings. The molecule has 1 atom stereocenters. The molecule has 2 N–H and O–H groups in total. The lowest BCUT2D eigenvalue weighted by Gasteiger charge is -2.14. The van der Waals surface area contributed by atoms with Gasteiger partial charge in [0.25, 0.3) is 5.91 Å². The fourth-order valence-electron chi connectivity index (χ4n) is 3.10. The Hall–Kier alpha value is -3.55. The molecule has 152 valence electrons. The average Bonchev–Trinajstić information content (AvgIpc) is 3.35. The Morgan fingerprint density at radius 2 is 1.90 bits per heavy atom. The van der Waals surface area contributed by atoms with Crippen LogP contribution in [-0.2, 0) is 18.3 Å². The molecule has 3 rings (SSSR count). The molecule has 0 saturated carbocycles. The first kappa shape index (κ1) is 20.2. The number of aryl methyl sites for hydroxylation is 1. The van der Waals surface area contributed by atoms with Crippen molar-refractivity contribution in [1.29, 1.82) is 0 Å². The molecule has 0 spiro atoms. The van der Waals surface area contributed by atoms with Crippen molar-refractivity contribution in [2.45, 2.75) is 13.3 Å². The molecule has 8 heteroatoms. The van der Waals surface area contributed by atoms with E-state index in [1.807, 2.05) is 55.7 Å². The topological polar surface area (TPSA) is 98.4 Å². The Kier molecular flexibility index (Phi) is 6.33. The zero-order valence-corrected chi connectivity index (χ0v) is 16.4. The number of aromatic nitrogens is 3. The monoisotopic (exact) mass is 396 g/mol. The molecular weight excluding hydrogens is 372 g/mol. The average molecular weight is 396 g/mol. The summed E-state index contributed by atoms with van der Waals surface area (Å²) in [7, 11) is 1.75. The van der Waals surface area contributed by atoms with Crippen molar-refractivity contribution in [2.24, 2.45) is 13.0 Å². The molecule has 1 aromatic carbocycles. The van der Waals surface area contributed by atoms with E-state index in [1.165, 1.54) is 6.20 Å². The van der Waals surface area contributed by atoms with Gasteiger partial charge >= 0.3 is 5.97 Å². The standard InChI is InChI=1S/C21H24N4O4/c1-3-29-17-8-6-15(7-9-17)12-16(21(27)28)13-22-19(26)18-14-23-24(2)20(18)25-10-4-5-11-25/h4-11,14,16H,3,12-13H2,1-2H3,(H,22,26)(H,27,28). The van der Waals surface area contributed by atoms with Gasteiger partial charge in [0.2, 0.25) is 0 Å². The second-order valence-electron chi connectivity index (χ2n) is 6.62. The van der Waals surface area contributed by atoms with Gasteiger partial charge in [-0.3, -0.25) is 14.3 Å². The summed E-state index contributed by atoms with van der Waals surface area (Å²) in [4.78, 5) is 24.4. The first-order valence-electron chi connectivity index (χ1n) is 9.37. The van der Waals surface area contributed by atoms with Crippen LogP contribution in [0.3, 0.4) is 0 Å². The van der Waals surface area contributed by atoms with Gasteiger partial charge in [-0.25, -0.2) is 0 Å². The zero-order chi connectivity index (χ0) is 20.8. The number of nitrogens with zero attached hydrogens (tertiary/aromatic N) is 3. The third kappa shape index (κ3) is 4.84. The predicted molar refractivity (Wildman–Crippen MR) is 107 cm³/mol. The van der Waals surface area contributed by atoms with E-state index in [9.17, 15) is 14.7 Å². The van der Waals surface area contributed by atoms with Crippen LogP contribution in [0.15, 0.2) is 55.0 Å². The number of rotatable bonds is 9. The SMILES string of the molecule is CCOc1ccc(CC(CNC(=O)c2cnn(C)c2-n2cccc2)C(=O)O)cc1. The number of carbonyl (C=O) groups excluding carboxylic acids is 1. The normalized spacial score (nSPS) is 11.8. The van der Waals surface area contributed by atoms with Gasteiger partial charge in [-0.1, -0.05) is 12.1 Å². The number of benzene rings is 1. The van der Waals surface area contributed by atoms with Crippen molar-refractivity contribution in [3.63, 3.8) is 0 Å². The molecule has 0 radical (unpaired) electrons. The van der Waals surface area contributed by atoms with Crippen LogP contribution >= 0.6 is 0 Å². The highest BCUT2D eigenvalue weighted by molar-refractivity contribution is 5.97. The predicted octanol–water partition coefficient (Wildman–Crippen LogP) is 2.28. The van der Waals surface area contributed by atoms with E-state index < -0.39 is 11.9 Å². The fourth-order valence-corrected chi connectivity index (χ4v) is 3.10. The maximum Gasteiger partial charge on any atom is 0.308 e. The molecule has 2 aromatic heterocycles. The van der Waals surface area contributed by atoms with E-state index in [1.54, 1.807) is 16.3 Å². The number of hydrogen-bond donors (Lipinski definition) is 2. The molecule has 0 aliphatic carbocycles. The number of nitrogens with one attached hydrogen (secondary N) is 1. The summed E-state index contributed by atoms with van der Waals surface area (Å²) in [6, 6.07) is 11.0. The van der Waals surface area contributed by atoms with Crippen LogP contribution in [0.2, 0.25) is 0 Å². The summed E-state index contributed by atoms with van der Waals surface area (Å²) in [6.07, 6.45) is 5.42. The number of hydrogen-bond acceptors (Lipinski definition) is 4. The van der Waals surface area contributed by atoms with E-state index in [-0.39, 0.29) is 12.5 Å². The minimum absolute atomic E-state index is 0.0153. The number of carboxylic acids is 1. The molecule has 0 aliphatic rings. The summed E-state index contributed by atoms with van der Waals surface area (Å²) < 4.78 is 8.79. The first-order valence-corrected chi connectivity index (χ1v) is 9.37. The smallest absolute Gasteiger partial charge is 0.308 e.